The lowest BCUT2D eigenvalue weighted by Gasteiger charge is -2.11. The number of imidazole rings is 1. The molecule has 132 valence electrons. The quantitative estimate of drug-likeness (QED) is 0.341. The maximum absolute atomic E-state index is 4.83. The Labute approximate surface area is 153 Å². The molecule has 0 aliphatic heterocycles. The molecule has 3 aromatic rings. The molecule has 5 nitrogen and oxygen atoms in total. The van der Waals surface area contributed by atoms with Crippen LogP contribution in [0.2, 0.25) is 0 Å². The van der Waals surface area contributed by atoms with E-state index in [1.165, 1.54) is 16.9 Å². The molecule has 6 heteroatoms. The molecule has 0 aliphatic rings. The van der Waals surface area contributed by atoms with Crippen LogP contribution in [0.4, 0.5) is 0 Å². The van der Waals surface area contributed by atoms with Crippen molar-refractivity contribution in [1.82, 2.24) is 24.5 Å². The second-order valence-electron chi connectivity index (χ2n) is 6.22. The third kappa shape index (κ3) is 4.18. The first-order chi connectivity index (χ1) is 12.2. The predicted octanol–water partition coefficient (Wildman–Crippen LogP) is 4.36. The topological polar surface area (TPSA) is 56.5 Å². The SMILES string of the molecule is CCCc1nc2cnc(C)c(C)c2n1CCCCSc1ncccn1. The van der Waals surface area contributed by atoms with Crippen molar-refractivity contribution in [3.05, 3.63) is 41.7 Å². The second kappa shape index (κ2) is 8.43. The molecule has 0 radical (unpaired) electrons. The highest BCUT2D eigenvalue weighted by atomic mass is 32.2. The Kier molecular flexibility index (Phi) is 6.02. The van der Waals surface area contributed by atoms with Gasteiger partial charge in [0.25, 0.3) is 0 Å². The Hall–Kier alpha value is -1.95. The number of fused-ring (bicyclic) bond motifs is 1. The van der Waals surface area contributed by atoms with Crippen LogP contribution in [0.3, 0.4) is 0 Å². The molecule has 0 spiro atoms. The molecule has 3 aromatic heterocycles. The van der Waals surface area contributed by atoms with E-state index in [-0.39, 0.29) is 0 Å². The van der Waals surface area contributed by atoms with Crippen LogP contribution in [0.1, 0.15) is 43.3 Å². The standard InChI is InChI=1S/C19H25N5S/c1-4-8-17-23-16-13-22-15(3)14(2)18(16)24(17)11-5-6-12-25-19-20-9-7-10-21-19/h7,9-10,13H,4-6,8,11-12H2,1-3H3. The van der Waals surface area contributed by atoms with E-state index in [1.54, 1.807) is 24.2 Å². The summed E-state index contributed by atoms with van der Waals surface area (Å²) in [6.45, 7) is 7.44. The van der Waals surface area contributed by atoms with Gasteiger partial charge in [0.05, 0.1) is 11.7 Å². The average molecular weight is 356 g/mol. The van der Waals surface area contributed by atoms with Crippen molar-refractivity contribution in [2.24, 2.45) is 0 Å². The summed E-state index contributed by atoms with van der Waals surface area (Å²) >= 11 is 1.72. The summed E-state index contributed by atoms with van der Waals surface area (Å²) in [7, 11) is 0. The first-order valence-electron chi connectivity index (χ1n) is 8.91. The lowest BCUT2D eigenvalue weighted by Crippen LogP contribution is -2.06. The molecule has 0 saturated heterocycles. The van der Waals surface area contributed by atoms with Crippen molar-refractivity contribution in [2.75, 3.05) is 5.75 Å². The fourth-order valence-corrected chi connectivity index (χ4v) is 3.78. The summed E-state index contributed by atoms with van der Waals surface area (Å²) in [6.07, 6.45) is 9.89. The van der Waals surface area contributed by atoms with Crippen molar-refractivity contribution < 1.29 is 0 Å². The first kappa shape index (κ1) is 17.9. The maximum atomic E-state index is 4.83. The zero-order valence-corrected chi connectivity index (χ0v) is 16.0. The van der Waals surface area contributed by atoms with E-state index in [9.17, 15) is 0 Å². The molecule has 0 atom stereocenters. The molecule has 3 rings (SSSR count). The van der Waals surface area contributed by atoms with Crippen LogP contribution in [-0.4, -0.2) is 30.3 Å². The van der Waals surface area contributed by atoms with Crippen molar-refractivity contribution in [3.63, 3.8) is 0 Å². The Morgan fingerprint density at radius 3 is 2.64 bits per heavy atom. The molecule has 0 aliphatic carbocycles. The van der Waals surface area contributed by atoms with E-state index in [0.29, 0.717) is 0 Å². The van der Waals surface area contributed by atoms with Gasteiger partial charge < -0.3 is 4.57 Å². The summed E-state index contributed by atoms with van der Waals surface area (Å²) in [5.74, 6) is 2.23. The van der Waals surface area contributed by atoms with Crippen LogP contribution in [0.15, 0.2) is 29.8 Å². The predicted molar refractivity (Wildman–Crippen MR) is 103 cm³/mol. The largest absolute Gasteiger partial charge is 0.328 e. The number of hydrogen-bond acceptors (Lipinski definition) is 5. The number of aryl methyl sites for hydroxylation is 4. The minimum Gasteiger partial charge on any atom is -0.328 e. The van der Waals surface area contributed by atoms with Gasteiger partial charge in [0, 0.05) is 36.8 Å². The van der Waals surface area contributed by atoms with Crippen LogP contribution in [-0.2, 0) is 13.0 Å². The zero-order valence-electron chi connectivity index (χ0n) is 15.2. The minimum absolute atomic E-state index is 0.861. The molecule has 25 heavy (non-hydrogen) atoms. The molecule has 3 heterocycles. The van der Waals surface area contributed by atoms with Crippen molar-refractivity contribution >= 4 is 22.8 Å². The first-order valence-corrected chi connectivity index (χ1v) is 9.90. The van der Waals surface area contributed by atoms with Crippen molar-refractivity contribution in [3.8, 4) is 0 Å². The Morgan fingerprint density at radius 2 is 1.88 bits per heavy atom. The van der Waals surface area contributed by atoms with E-state index in [1.807, 2.05) is 12.3 Å². The molecule has 0 N–H and O–H groups in total. The average Bonchev–Trinajstić information content (AvgIpc) is 2.97. The third-order valence-electron chi connectivity index (χ3n) is 4.37. The van der Waals surface area contributed by atoms with Gasteiger partial charge in [0.15, 0.2) is 5.16 Å². The highest BCUT2D eigenvalue weighted by Gasteiger charge is 2.13. The number of nitrogens with zero attached hydrogens (tertiary/aromatic N) is 5. The van der Waals surface area contributed by atoms with Gasteiger partial charge in [0.1, 0.15) is 11.3 Å². The van der Waals surface area contributed by atoms with Crippen LogP contribution >= 0.6 is 11.8 Å². The van der Waals surface area contributed by atoms with Gasteiger partial charge in [-0.15, -0.1) is 0 Å². The Morgan fingerprint density at radius 1 is 1.08 bits per heavy atom. The van der Waals surface area contributed by atoms with E-state index in [4.69, 9.17) is 4.98 Å². The van der Waals surface area contributed by atoms with Gasteiger partial charge in [0.2, 0.25) is 0 Å². The molecule has 0 aromatic carbocycles. The van der Waals surface area contributed by atoms with Gasteiger partial charge in [-0.05, 0) is 44.7 Å². The number of pyridine rings is 1. The summed E-state index contributed by atoms with van der Waals surface area (Å²) in [4.78, 5) is 17.8. The smallest absolute Gasteiger partial charge is 0.187 e. The highest BCUT2D eigenvalue weighted by molar-refractivity contribution is 7.99. The highest BCUT2D eigenvalue weighted by Crippen LogP contribution is 2.23. The summed E-state index contributed by atoms with van der Waals surface area (Å²) in [5, 5.41) is 0.861. The van der Waals surface area contributed by atoms with Crippen LogP contribution in [0.5, 0.6) is 0 Å². The number of rotatable bonds is 8. The van der Waals surface area contributed by atoms with Crippen molar-refractivity contribution in [1.29, 1.82) is 0 Å². The molecular formula is C19H25N5S. The normalized spacial score (nSPS) is 11.3. The van der Waals surface area contributed by atoms with Gasteiger partial charge in [-0.3, -0.25) is 4.98 Å². The second-order valence-corrected chi connectivity index (χ2v) is 7.28. The Balaban J connectivity index is 1.67. The van der Waals surface area contributed by atoms with Crippen LogP contribution < -0.4 is 0 Å². The molecular weight excluding hydrogens is 330 g/mol. The molecule has 0 amide bonds. The summed E-state index contributed by atoms with van der Waals surface area (Å²) < 4.78 is 2.41. The summed E-state index contributed by atoms with van der Waals surface area (Å²) in [6, 6.07) is 1.85. The van der Waals surface area contributed by atoms with Gasteiger partial charge >= 0.3 is 0 Å². The monoisotopic (exact) mass is 355 g/mol. The maximum Gasteiger partial charge on any atom is 0.187 e. The number of unbranched alkanes of at least 4 members (excludes halogenated alkanes) is 1. The lowest BCUT2D eigenvalue weighted by molar-refractivity contribution is 0.612. The number of hydrogen-bond donors (Lipinski definition) is 0. The fourth-order valence-electron chi connectivity index (χ4n) is 2.98. The molecule has 0 fully saturated rings. The minimum atomic E-state index is 0.861. The molecule has 0 bridgehead atoms. The van der Waals surface area contributed by atoms with E-state index < -0.39 is 0 Å². The van der Waals surface area contributed by atoms with E-state index in [0.717, 1.165) is 54.3 Å². The molecule has 0 saturated carbocycles. The van der Waals surface area contributed by atoms with Gasteiger partial charge in [-0.25, -0.2) is 15.0 Å². The number of aromatic nitrogens is 5. The van der Waals surface area contributed by atoms with Gasteiger partial charge in [-0.1, -0.05) is 18.7 Å². The van der Waals surface area contributed by atoms with E-state index >= 15 is 0 Å². The lowest BCUT2D eigenvalue weighted by atomic mass is 10.2. The number of thioether (sulfide) groups is 1. The van der Waals surface area contributed by atoms with Crippen molar-refractivity contribution in [2.45, 2.75) is 58.2 Å². The zero-order chi connectivity index (χ0) is 17.6. The fraction of sp³-hybridized carbons (Fsp3) is 0.474. The summed E-state index contributed by atoms with van der Waals surface area (Å²) in [5.41, 5.74) is 4.63. The van der Waals surface area contributed by atoms with Gasteiger partial charge in [-0.2, -0.15) is 0 Å². The molecule has 0 unspecified atom stereocenters. The Bertz CT molecular complexity index is 829. The third-order valence-corrected chi connectivity index (χ3v) is 5.34. The van der Waals surface area contributed by atoms with E-state index in [2.05, 4.69) is 40.3 Å². The van der Waals surface area contributed by atoms with Crippen LogP contribution in [0, 0.1) is 13.8 Å². The van der Waals surface area contributed by atoms with Crippen LogP contribution in [0.25, 0.3) is 11.0 Å².